The van der Waals surface area contributed by atoms with E-state index in [0.29, 0.717) is 12.6 Å². The van der Waals surface area contributed by atoms with Crippen molar-refractivity contribution in [1.29, 1.82) is 0 Å². The number of hydrogen-bond acceptors (Lipinski definition) is 5. The molecule has 1 saturated carbocycles. The average Bonchev–Trinajstić information content (AvgIpc) is 2.97. The van der Waals surface area contributed by atoms with E-state index in [1.807, 2.05) is 4.90 Å². The van der Waals surface area contributed by atoms with Gasteiger partial charge in [-0.1, -0.05) is 11.3 Å². The van der Waals surface area contributed by atoms with Gasteiger partial charge in [-0.2, -0.15) is 0 Å². The van der Waals surface area contributed by atoms with E-state index < -0.39 is 10.9 Å². The van der Waals surface area contributed by atoms with Gasteiger partial charge in [0.05, 0.1) is 11.5 Å². The highest BCUT2D eigenvalue weighted by molar-refractivity contribution is 7.13. The molecule has 92 valence electrons. The first kappa shape index (κ1) is 12.0. The number of rotatable bonds is 6. The molecule has 1 fully saturated rings. The van der Waals surface area contributed by atoms with Gasteiger partial charge < -0.3 is 5.11 Å². The van der Waals surface area contributed by atoms with E-state index in [4.69, 9.17) is 5.11 Å². The molecule has 0 atom stereocenters. The predicted molar refractivity (Wildman–Crippen MR) is 62.0 cm³/mol. The van der Waals surface area contributed by atoms with Crippen LogP contribution in [-0.2, 0) is 11.3 Å². The van der Waals surface area contributed by atoms with Gasteiger partial charge in [-0.25, -0.2) is 0 Å². The highest BCUT2D eigenvalue weighted by Gasteiger charge is 2.30. The minimum atomic E-state index is -0.860. The van der Waals surface area contributed by atoms with Crippen molar-refractivity contribution in [3.63, 3.8) is 0 Å². The number of nitro groups is 1. The zero-order valence-electron chi connectivity index (χ0n) is 9.04. The second-order valence-electron chi connectivity index (χ2n) is 4.08. The first-order valence-corrected chi connectivity index (χ1v) is 6.12. The molecule has 7 heteroatoms. The van der Waals surface area contributed by atoms with Crippen molar-refractivity contribution in [1.82, 2.24) is 4.90 Å². The Kier molecular flexibility index (Phi) is 3.39. The Hall–Kier alpha value is -1.47. The van der Waals surface area contributed by atoms with Gasteiger partial charge in [0, 0.05) is 24.0 Å². The lowest BCUT2D eigenvalue weighted by Crippen LogP contribution is -2.31. The van der Waals surface area contributed by atoms with Crippen LogP contribution in [0, 0.1) is 10.1 Å². The Labute approximate surface area is 102 Å². The molecule has 0 radical (unpaired) electrons. The van der Waals surface area contributed by atoms with Gasteiger partial charge in [0.2, 0.25) is 0 Å². The molecule has 0 saturated heterocycles. The Morgan fingerprint density at radius 3 is 2.82 bits per heavy atom. The molecule has 1 aliphatic rings. The van der Waals surface area contributed by atoms with Gasteiger partial charge in [-0.05, 0) is 18.4 Å². The third-order valence-electron chi connectivity index (χ3n) is 2.61. The van der Waals surface area contributed by atoms with Crippen LogP contribution in [0.4, 0.5) is 5.00 Å². The molecule has 0 aromatic carbocycles. The largest absolute Gasteiger partial charge is 0.480 e. The molecular weight excluding hydrogens is 244 g/mol. The topological polar surface area (TPSA) is 83.7 Å². The van der Waals surface area contributed by atoms with Crippen molar-refractivity contribution in [2.24, 2.45) is 0 Å². The van der Waals surface area contributed by atoms with Gasteiger partial charge >= 0.3 is 11.0 Å². The Balaban J connectivity index is 2.01. The molecule has 1 aromatic rings. The summed E-state index contributed by atoms with van der Waals surface area (Å²) in [6.45, 7) is 0.468. The second kappa shape index (κ2) is 4.80. The molecule has 17 heavy (non-hydrogen) atoms. The fraction of sp³-hybridized carbons (Fsp3) is 0.500. The Morgan fingerprint density at radius 2 is 2.35 bits per heavy atom. The summed E-state index contributed by atoms with van der Waals surface area (Å²) in [4.78, 5) is 22.7. The summed E-state index contributed by atoms with van der Waals surface area (Å²) >= 11 is 1.08. The first-order chi connectivity index (χ1) is 8.06. The van der Waals surface area contributed by atoms with E-state index in [1.54, 1.807) is 5.38 Å². The van der Waals surface area contributed by atoms with E-state index >= 15 is 0 Å². The fourth-order valence-electron chi connectivity index (χ4n) is 1.70. The van der Waals surface area contributed by atoms with E-state index in [0.717, 1.165) is 29.7 Å². The smallest absolute Gasteiger partial charge is 0.324 e. The molecule has 1 aromatic heterocycles. The van der Waals surface area contributed by atoms with Crippen molar-refractivity contribution < 1.29 is 14.8 Å². The highest BCUT2D eigenvalue weighted by atomic mass is 32.1. The number of aliphatic carboxylic acids is 1. The van der Waals surface area contributed by atoms with Gasteiger partial charge in [0.15, 0.2) is 0 Å². The molecule has 1 heterocycles. The van der Waals surface area contributed by atoms with E-state index in [9.17, 15) is 14.9 Å². The zero-order valence-corrected chi connectivity index (χ0v) is 9.85. The standard InChI is InChI=1S/C10H12N2O4S/c13-10(14)5-11(8-1-2-8)4-7-3-9(12(15)16)17-6-7/h3,6,8H,1-2,4-5H2,(H,13,14). The normalized spacial score (nSPS) is 15.1. The van der Waals surface area contributed by atoms with Crippen LogP contribution in [-0.4, -0.2) is 33.5 Å². The summed E-state index contributed by atoms with van der Waals surface area (Å²) in [5.74, 6) is -0.860. The fourth-order valence-corrected chi connectivity index (χ4v) is 2.42. The van der Waals surface area contributed by atoms with Crippen molar-refractivity contribution in [2.75, 3.05) is 6.54 Å². The molecule has 1 N–H and O–H groups in total. The summed E-state index contributed by atoms with van der Waals surface area (Å²) in [5, 5.41) is 21.1. The SMILES string of the molecule is O=C(O)CN(Cc1csc([N+](=O)[O-])c1)C1CC1. The number of carboxylic acid groups (broad SMARTS) is 1. The lowest BCUT2D eigenvalue weighted by Gasteiger charge is -2.18. The van der Waals surface area contributed by atoms with Gasteiger partial charge in [-0.3, -0.25) is 19.8 Å². The summed E-state index contributed by atoms with van der Waals surface area (Å²) < 4.78 is 0. The van der Waals surface area contributed by atoms with E-state index in [2.05, 4.69) is 0 Å². The van der Waals surface area contributed by atoms with Gasteiger partial charge in [0.1, 0.15) is 0 Å². The van der Waals surface area contributed by atoms with E-state index in [1.165, 1.54) is 6.07 Å². The molecule has 0 bridgehead atoms. The third-order valence-corrected chi connectivity index (χ3v) is 3.54. The molecule has 0 aliphatic heterocycles. The maximum Gasteiger partial charge on any atom is 0.324 e. The van der Waals surface area contributed by atoms with Gasteiger partial charge in [-0.15, -0.1) is 0 Å². The predicted octanol–water partition coefficient (Wildman–Crippen LogP) is 1.71. The highest BCUT2D eigenvalue weighted by Crippen LogP contribution is 2.30. The second-order valence-corrected chi connectivity index (χ2v) is 4.97. The van der Waals surface area contributed by atoms with Crippen molar-refractivity contribution >= 4 is 22.3 Å². The number of thiophene rings is 1. The van der Waals surface area contributed by atoms with Crippen LogP contribution in [0.25, 0.3) is 0 Å². The molecule has 1 aliphatic carbocycles. The summed E-state index contributed by atoms with van der Waals surface area (Å²) in [7, 11) is 0. The summed E-state index contributed by atoms with van der Waals surface area (Å²) in [6, 6.07) is 1.84. The Bertz CT molecular complexity index is 441. The zero-order chi connectivity index (χ0) is 12.4. The van der Waals surface area contributed by atoms with Crippen LogP contribution < -0.4 is 0 Å². The molecule has 2 rings (SSSR count). The lowest BCUT2D eigenvalue weighted by atomic mass is 10.3. The molecule has 6 nitrogen and oxygen atoms in total. The number of hydrogen-bond donors (Lipinski definition) is 1. The van der Waals surface area contributed by atoms with Crippen molar-refractivity contribution in [3.8, 4) is 0 Å². The average molecular weight is 256 g/mol. The van der Waals surface area contributed by atoms with Crippen molar-refractivity contribution in [2.45, 2.75) is 25.4 Å². The number of nitrogens with zero attached hydrogens (tertiary/aromatic N) is 2. The molecule has 0 spiro atoms. The summed E-state index contributed by atoms with van der Waals surface area (Å²) in [5.41, 5.74) is 0.815. The van der Waals surface area contributed by atoms with Crippen LogP contribution in [0.15, 0.2) is 11.4 Å². The van der Waals surface area contributed by atoms with Gasteiger partial charge in [0.25, 0.3) is 0 Å². The minimum Gasteiger partial charge on any atom is -0.480 e. The molecule has 0 unspecified atom stereocenters. The maximum absolute atomic E-state index is 10.7. The molecular formula is C10H12N2O4S. The van der Waals surface area contributed by atoms with Crippen LogP contribution in [0.2, 0.25) is 0 Å². The maximum atomic E-state index is 10.7. The molecule has 0 amide bonds. The summed E-state index contributed by atoms with van der Waals surface area (Å²) in [6.07, 6.45) is 2.03. The number of carbonyl (C=O) groups is 1. The van der Waals surface area contributed by atoms with E-state index in [-0.39, 0.29) is 11.5 Å². The minimum absolute atomic E-state index is 0.00564. The quantitative estimate of drug-likeness (QED) is 0.618. The third kappa shape index (κ3) is 3.24. The Morgan fingerprint density at radius 1 is 1.65 bits per heavy atom. The van der Waals surface area contributed by atoms with Crippen LogP contribution >= 0.6 is 11.3 Å². The van der Waals surface area contributed by atoms with Crippen LogP contribution in [0.1, 0.15) is 18.4 Å². The van der Waals surface area contributed by atoms with Crippen LogP contribution in [0.3, 0.4) is 0 Å². The first-order valence-electron chi connectivity index (χ1n) is 5.24. The monoisotopic (exact) mass is 256 g/mol. The number of carboxylic acids is 1. The lowest BCUT2D eigenvalue weighted by molar-refractivity contribution is -0.380. The van der Waals surface area contributed by atoms with Crippen LogP contribution in [0.5, 0.6) is 0 Å². The van der Waals surface area contributed by atoms with Crippen molar-refractivity contribution in [3.05, 3.63) is 27.1 Å².